The van der Waals surface area contributed by atoms with Gasteiger partial charge in [-0.15, -0.1) is 0 Å². The van der Waals surface area contributed by atoms with E-state index in [0.717, 1.165) is 11.1 Å². The molecule has 1 saturated heterocycles. The Hall–Kier alpha value is -2.28. The zero-order chi connectivity index (χ0) is 22.9. The number of benzene rings is 2. The predicted octanol–water partition coefficient (Wildman–Crippen LogP) is -0.445. The summed E-state index contributed by atoms with van der Waals surface area (Å²) >= 11 is 0. The van der Waals surface area contributed by atoms with Crippen molar-refractivity contribution in [2.45, 2.75) is 42.5 Å². The molecule has 3 rings (SSSR count). The van der Waals surface area contributed by atoms with Crippen LogP contribution in [0.3, 0.4) is 0 Å². The van der Waals surface area contributed by atoms with Crippen LogP contribution in [0, 0.1) is 0 Å². The number of hydrogen-bond donors (Lipinski definition) is 4. The third-order valence-corrected chi connectivity index (χ3v) is 6.43. The van der Waals surface area contributed by atoms with Gasteiger partial charge in [-0.3, -0.25) is 8.98 Å². The van der Waals surface area contributed by atoms with Gasteiger partial charge in [-0.25, -0.2) is 0 Å². The molecule has 1 aliphatic rings. The van der Waals surface area contributed by atoms with Gasteiger partial charge in [0.05, 0.1) is 6.61 Å². The van der Waals surface area contributed by atoms with Crippen LogP contribution in [0.15, 0.2) is 41.3 Å². The third kappa shape index (κ3) is 4.81. The van der Waals surface area contributed by atoms with Crippen LogP contribution in [0.4, 0.5) is 5.69 Å². The summed E-state index contributed by atoms with van der Waals surface area (Å²) in [6.07, 6.45) is -6.16. The van der Waals surface area contributed by atoms with Crippen molar-refractivity contribution in [1.82, 2.24) is 5.32 Å². The summed E-state index contributed by atoms with van der Waals surface area (Å²) in [5, 5.41) is 33.9. The van der Waals surface area contributed by atoms with Gasteiger partial charge < -0.3 is 30.3 Å². The van der Waals surface area contributed by atoms with Gasteiger partial charge in [0.25, 0.3) is 10.1 Å². The number of anilines is 1. The molecule has 0 aromatic heterocycles. The Balaban J connectivity index is 1.81. The molecule has 170 valence electrons. The van der Waals surface area contributed by atoms with Gasteiger partial charge in [0.15, 0.2) is 6.29 Å². The van der Waals surface area contributed by atoms with Gasteiger partial charge in [0.1, 0.15) is 29.2 Å². The molecule has 1 heterocycles. The molecule has 1 aliphatic heterocycles. The van der Waals surface area contributed by atoms with E-state index < -0.39 is 53.3 Å². The van der Waals surface area contributed by atoms with Crippen molar-refractivity contribution in [2.75, 3.05) is 25.6 Å². The Morgan fingerprint density at radius 3 is 2.39 bits per heavy atom. The van der Waals surface area contributed by atoms with E-state index in [4.69, 9.17) is 8.92 Å². The van der Waals surface area contributed by atoms with E-state index >= 15 is 0 Å². The number of rotatable bonds is 6. The molecular weight excluding hydrogens is 428 g/mol. The highest BCUT2D eigenvalue weighted by molar-refractivity contribution is 7.87. The Labute approximate surface area is 180 Å². The monoisotopic (exact) mass is 454 g/mol. The second kappa shape index (κ2) is 9.07. The van der Waals surface area contributed by atoms with Crippen molar-refractivity contribution in [1.29, 1.82) is 0 Å². The van der Waals surface area contributed by atoms with Crippen molar-refractivity contribution >= 4 is 32.5 Å². The minimum atomic E-state index is -4.26. The second-order valence-electron chi connectivity index (χ2n) is 7.53. The molecule has 2 aromatic rings. The fourth-order valence-electron chi connectivity index (χ4n) is 3.57. The average molecular weight is 455 g/mol. The van der Waals surface area contributed by atoms with Crippen molar-refractivity contribution in [2.24, 2.45) is 0 Å². The third-order valence-electron chi connectivity index (χ3n) is 5.09. The summed E-state index contributed by atoms with van der Waals surface area (Å²) in [6.45, 7) is 0.535. The van der Waals surface area contributed by atoms with Gasteiger partial charge in [-0.2, -0.15) is 8.42 Å². The van der Waals surface area contributed by atoms with Crippen LogP contribution >= 0.6 is 0 Å². The maximum absolute atomic E-state index is 12.9. The van der Waals surface area contributed by atoms with Gasteiger partial charge in [0, 0.05) is 37.5 Å². The van der Waals surface area contributed by atoms with Gasteiger partial charge in [0.2, 0.25) is 5.91 Å². The van der Waals surface area contributed by atoms with E-state index in [1.54, 1.807) is 24.3 Å². The fourth-order valence-corrected chi connectivity index (χ4v) is 4.70. The molecule has 10 nitrogen and oxygen atoms in total. The first kappa shape index (κ1) is 23.4. The quantitative estimate of drug-likeness (QED) is 0.427. The zero-order valence-electron chi connectivity index (χ0n) is 17.3. The molecule has 0 radical (unpaired) electrons. The summed E-state index contributed by atoms with van der Waals surface area (Å²) in [7, 11) is -0.570. The molecule has 31 heavy (non-hydrogen) atoms. The highest BCUT2D eigenvalue weighted by Gasteiger charge is 2.45. The Morgan fingerprint density at radius 1 is 1.10 bits per heavy atom. The lowest BCUT2D eigenvalue weighted by Crippen LogP contribution is -2.64. The standard InChI is InChI=1S/C20H26N2O8S/c1-11(23)21-17-19(25)18(24)15(30-20(17)26)10-29-31(27,28)16-9-5-6-12-13(16)7-4-8-14(12)22(2)3/h4-9,15,17-20,24-26H,10H2,1-3H3,(H,21,23)/t15-,17-,18-,19-,20?/m1/s1. The van der Waals surface area contributed by atoms with E-state index in [9.17, 15) is 28.5 Å². The van der Waals surface area contributed by atoms with Crippen molar-refractivity contribution in [3.63, 3.8) is 0 Å². The Morgan fingerprint density at radius 2 is 1.74 bits per heavy atom. The summed E-state index contributed by atoms with van der Waals surface area (Å²) in [5.74, 6) is -0.538. The van der Waals surface area contributed by atoms with Crippen LogP contribution in [0.5, 0.6) is 0 Å². The molecule has 2 aromatic carbocycles. The highest BCUT2D eigenvalue weighted by Crippen LogP contribution is 2.31. The van der Waals surface area contributed by atoms with E-state index in [0.29, 0.717) is 5.39 Å². The molecular formula is C20H26N2O8S. The molecule has 0 spiro atoms. The van der Waals surface area contributed by atoms with Crippen molar-refractivity contribution in [3.05, 3.63) is 36.4 Å². The largest absolute Gasteiger partial charge is 0.388 e. The molecule has 1 unspecified atom stereocenters. The van der Waals surface area contributed by atoms with E-state index in [1.807, 2.05) is 25.1 Å². The van der Waals surface area contributed by atoms with Gasteiger partial charge in [-0.1, -0.05) is 24.3 Å². The minimum Gasteiger partial charge on any atom is -0.388 e. The van der Waals surface area contributed by atoms with Crippen LogP contribution in [0.2, 0.25) is 0 Å². The van der Waals surface area contributed by atoms with E-state index in [2.05, 4.69) is 5.32 Å². The number of aliphatic hydroxyl groups excluding tert-OH is 3. The van der Waals surface area contributed by atoms with Gasteiger partial charge >= 0.3 is 0 Å². The number of fused-ring (bicyclic) bond motifs is 1. The number of aliphatic hydroxyl groups is 3. The topological polar surface area (TPSA) is 146 Å². The zero-order valence-corrected chi connectivity index (χ0v) is 18.1. The molecule has 0 saturated carbocycles. The first-order chi connectivity index (χ1) is 14.5. The number of hydrogen-bond acceptors (Lipinski definition) is 9. The molecule has 0 bridgehead atoms. The number of nitrogens with zero attached hydrogens (tertiary/aromatic N) is 1. The van der Waals surface area contributed by atoms with Gasteiger partial charge in [-0.05, 0) is 12.1 Å². The molecule has 1 fully saturated rings. The van der Waals surface area contributed by atoms with Crippen LogP contribution in [0.1, 0.15) is 6.92 Å². The maximum Gasteiger partial charge on any atom is 0.297 e. The maximum atomic E-state index is 12.9. The van der Waals surface area contributed by atoms with Crippen molar-refractivity contribution < 1.29 is 37.5 Å². The van der Waals surface area contributed by atoms with E-state index in [-0.39, 0.29) is 4.90 Å². The van der Waals surface area contributed by atoms with Crippen LogP contribution < -0.4 is 10.2 Å². The lowest BCUT2D eigenvalue weighted by atomic mass is 9.97. The molecule has 0 aliphatic carbocycles. The summed E-state index contributed by atoms with van der Waals surface area (Å²) in [5.41, 5.74) is 0.829. The summed E-state index contributed by atoms with van der Waals surface area (Å²) in [4.78, 5) is 13.0. The molecule has 4 N–H and O–H groups in total. The Kier molecular flexibility index (Phi) is 6.84. The lowest BCUT2D eigenvalue weighted by molar-refractivity contribution is -0.252. The first-order valence-corrected chi connectivity index (χ1v) is 11.0. The molecule has 5 atom stereocenters. The first-order valence-electron chi connectivity index (χ1n) is 9.58. The van der Waals surface area contributed by atoms with E-state index in [1.165, 1.54) is 13.0 Å². The number of carbonyl (C=O) groups is 1. The summed E-state index contributed by atoms with van der Waals surface area (Å²) < 4.78 is 36.1. The number of carbonyl (C=O) groups excluding carboxylic acids is 1. The number of ether oxygens (including phenoxy) is 1. The Bertz CT molecular complexity index is 1060. The lowest BCUT2D eigenvalue weighted by Gasteiger charge is -2.40. The molecule has 11 heteroatoms. The number of nitrogens with one attached hydrogen (secondary N) is 1. The SMILES string of the molecule is CC(=O)N[C@H]1C(O)O[C@H](COS(=O)(=O)c2cccc3c(N(C)C)cccc23)[C@@H](O)[C@@H]1O. The predicted molar refractivity (Wildman–Crippen MR) is 112 cm³/mol. The molecule has 1 amide bonds. The minimum absolute atomic E-state index is 0.0591. The summed E-state index contributed by atoms with van der Waals surface area (Å²) in [6, 6.07) is 8.81. The van der Waals surface area contributed by atoms with Crippen molar-refractivity contribution in [3.8, 4) is 0 Å². The van der Waals surface area contributed by atoms with Crippen LogP contribution in [-0.2, 0) is 23.8 Å². The second-order valence-corrected chi connectivity index (χ2v) is 9.12. The smallest absolute Gasteiger partial charge is 0.297 e. The highest BCUT2D eigenvalue weighted by atomic mass is 32.2. The fraction of sp³-hybridized carbons (Fsp3) is 0.450. The van der Waals surface area contributed by atoms with Crippen LogP contribution in [-0.4, -0.2) is 81.0 Å². The number of amides is 1. The normalized spacial score (nSPS) is 26.6. The van der Waals surface area contributed by atoms with Crippen LogP contribution in [0.25, 0.3) is 10.8 Å². The average Bonchev–Trinajstić information content (AvgIpc) is 2.71.